The van der Waals surface area contributed by atoms with E-state index >= 15 is 0 Å². The van der Waals surface area contributed by atoms with E-state index in [1.165, 1.54) is 6.33 Å². The predicted octanol–water partition coefficient (Wildman–Crippen LogP) is 1.36. The van der Waals surface area contributed by atoms with E-state index in [1.807, 2.05) is 12.1 Å². The second kappa shape index (κ2) is 6.11. The summed E-state index contributed by atoms with van der Waals surface area (Å²) >= 11 is 0. The average Bonchev–Trinajstić information content (AvgIpc) is 2.91. The third-order valence-electron chi connectivity index (χ3n) is 2.51. The van der Waals surface area contributed by atoms with Gasteiger partial charge in [-0.1, -0.05) is 6.92 Å². The van der Waals surface area contributed by atoms with Gasteiger partial charge in [0.05, 0.1) is 12.3 Å². The molecule has 0 radical (unpaired) electrons. The Labute approximate surface area is 106 Å². The molecule has 1 atom stereocenters. The summed E-state index contributed by atoms with van der Waals surface area (Å²) in [5.41, 5.74) is 0.936. The minimum atomic E-state index is 0.429. The molecule has 1 unspecified atom stereocenters. The summed E-state index contributed by atoms with van der Waals surface area (Å²) < 4.78 is 6.75. The summed E-state index contributed by atoms with van der Waals surface area (Å²) in [4.78, 5) is 8.24. The SMILES string of the molecule is COCC(C)CNc1cccnc1-n1cncn1. The van der Waals surface area contributed by atoms with Crippen LogP contribution >= 0.6 is 0 Å². The molecule has 0 amide bonds. The summed E-state index contributed by atoms with van der Waals surface area (Å²) in [6.07, 6.45) is 4.86. The molecule has 0 bridgehead atoms. The van der Waals surface area contributed by atoms with E-state index in [2.05, 4.69) is 27.3 Å². The van der Waals surface area contributed by atoms with Gasteiger partial charge in [-0.3, -0.25) is 0 Å². The van der Waals surface area contributed by atoms with Gasteiger partial charge in [0.25, 0.3) is 0 Å². The van der Waals surface area contributed by atoms with Crippen molar-refractivity contribution in [2.75, 3.05) is 25.6 Å². The summed E-state index contributed by atoms with van der Waals surface area (Å²) in [6, 6.07) is 3.87. The maximum atomic E-state index is 5.11. The summed E-state index contributed by atoms with van der Waals surface area (Å²) in [5, 5.41) is 7.44. The fourth-order valence-electron chi connectivity index (χ4n) is 1.66. The maximum Gasteiger partial charge on any atom is 0.178 e. The molecule has 6 heteroatoms. The quantitative estimate of drug-likeness (QED) is 0.835. The highest BCUT2D eigenvalue weighted by Crippen LogP contribution is 2.16. The third kappa shape index (κ3) is 3.04. The summed E-state index contributed by atoms with van der Waals surface area (Å²) in [6.45, 7) is 3.68. The average molecular weight is 247 g/mol. The topological polar surface area (TPSA) is 64.9 Å². The van der Waals surface area contributed by atoms with Crippen molar-refractivity contribution in [3.05, 3.63) is 31.0 Å². The Morgan fingerprint density at radius 1 is 1.50 bits per heavy atom. The van der Waals surface area contributed by atoms with E-state index < -0.39 is 0 Å². The summed E-state index contributed by atoms with van der Waals surface area (Å²) in [7, 11) is 1.71. The molecule has 0 spiro atoms. The molecule has 2 heterocycles. The van der Waals surface area contributed by atoms with Gasteiger partial charge in [0.15, 0.2) is 5.82 Å². The van der Waals surface area contributed by atoms with E-state index in [4.69, 9.17) is 4.74 Å². The Morgan fingerprint density at radius 2 is 2.39 bits per heavy atom. The summed E-state index contributed by atoms with van der Waals surface area (Å²) in [5.74, 6) is 1.18. The first-order valence-corrected chi connectivity index (χ1v) is 5.84. The van der Waals surface area contributed by atoms with Crippen LogP contribution in [0.5, 0.6) is 0 Å². The van der Waals surface area contributed by atoms with Crippen molar-refractivity contribution in [2.24, 2.45) is 5.92 Å². The van der Waals surface area contributed by atoms with Crippen molar-refractivity contribution in [2.45, 2.75) is 6.92 Å². The Bertz CT molecular complexity index is 471. The molecule has 96 valence electrons. The van der Waals surface area contributed by atoms with Crippen LogP contribution in [0.25, 0.3) is 5.82 Å². The van der Waals surface area contributed by atoms with Crippen LogP contribution in [0.15, 0.2) is 31.0 Å². The number of rotatable bonds is 6. The van der Waals surface area contributed by atoms with Crippen LogP contribution in [-0.4, -0.2) is 40.0 Å². The van der Waals surface area contributed by atoms with Gasteiger partial charge >= 0.3 is 0 Å². The standard InChI is InChI=1S/C12H17N5O/c1-10(7-18-2)6-15-11-4-3-5-14-12(11)17-9-13-8-16-17/h3-5,8-10,15H,6-7H2,1-2H3. The number of hydrogen-bond donors (Lipinski definition) is 1. The molecule has 6 nitrogen and oxygen atoms in total. The second-order valence-electron chi connectivity index (χ2n) is 4.16. The van der Waals surface area contributed by atoms with Gasteiger partial charge in [0.2, 0.25) is 0 Å². The van der Waals surface area contributed by atoms with E-state index in [0.29, 0.717) is 5.92 Å². The minimum Gasteiger partial charge on any atom is -0.384 e. The molecule has 0 aliphatic carbocycles. The molecule has 2 rings (SSSR count). The third-order valence-corrected chi connectivity index (χ3v) is 2.51. The highest BCUT2D eigenvalue weighted by atomic mass is 16.5. The Morgan fingerprint density at radius 3 is 3.11 bits per heavy atom. The fourth-order valence-corrected chi connectivity index (χ4v) is 1.66. The van der Waals surface area contributed by atoms with Crippen LogP contribution in [0, 0.1) is 5.92 Å². The van der Waals surface area contributed by atoms with Crippen molar-refractivity contribution in [3.63, 3.8) is 0 Å². The zero-order chi connectivity index (χ0) is 12.8. The van der Waals surface area contributed by atoms with Crippen molar-refractivity contribution in [1.29, 1.82) is 0 Å². The van der Waals surface area contributed by atoms with Crippen LogP contribution in [0.4, 0.5) is 5.69 Å². The lowest BCUT2D eigenvalue weighted by Gasteiger charge is -2.14. The van der Waals surface area contributed by atoms with Crippen LogP contribution in [0.1, 0.15) is 6.92 Å². The maximum absolute atomic E-state index is 5.11. The largest absolute Gasteiger partial charge is 0.384 e. The first-order valence-electron chi connectivity index (χ1n) is 5.84. The lowest BCUT2D eigenvalue weighted by atomic mass is 10.2. The molecule has 0 saturated carbocycles. The van der Waals surface area contributed by atoms with Gasteiger partial charge in [-0.05, 0) is 18.1 Å². The molecule has 18 heavy (non-hydrogen) atoms. The molecule has 1 N–H and O–H groups in total. The van der Waals surface area contributed by atoms with Crippen molar-refractivity contribution in [1.82, 2.24) is 19.7 Å². The van der Waals surface area contributed by atoms with Gasteiger partial charge in [0, 0.05) is 19.9 Å². The zero-order valence-electron chi connectivity index (χ0n) is 10.6. The number of aromatic nitrogens is 4. The van der Waals surface area contributed by atoms with Crippen LogP contribution in [0.2, 0.25) is 0 Å². The first-order chi connectivity index (χ1) is 8.81. The molecule has 0 aliphatic rings. The van der Waals surface area contributed by atoms with E-state index in [0.717, 1.165) is 24.7 Å². The van der Waals surface area contributed by atoms with Crippen LogP contribution in [-0.2, 0) is 4.74 Å². The van der Waals surface area contributed by atoms with Crippen molar-refractivity contribution >= 4 is 5.69 Å². The number of nitrogens with zero attached hydrogens (tertiary/aromatic N) is 4. The number of pyridine rings is 1. The first kappa shape index (κ1) is 12.5. The lowest BCUT2D eigenvalue weighted by molar-refractivity contribution is 0.164. The van der Waals surface area contributed by atoms with Gasteiger partial charge < -0.3 is 10.1 Å². The molecule has 2 aromatic heterocycles. The smallest absolute Gasteiger partial charge is 0.178 e. The van der Waals surface area contributed by atoms with Gasteiger partial charge in [-0.2, -0.15) is 5.10 Å². The molecule has 2 aromatic rings. The van der Waals surface area contributed by atoms with Crippen LogP contribution < -0.4 is 5.32 Å². The Hall–Kier alpha value is -1.95. The number of anilines is 1. The number of nitrogens with one attached hydrogen (secondary N) is 1. The van der Waals surface area contributed by atoms with Crippen molar-refractivity contribution < 1.29 is 4.74 Å². The Balaban J connectivity index is 2.09. The molecule has 0 aliphatic heterocycles. The number of hydrogen-bond acceptors (Lipinski definition) is 5. The monoisotopic (exact) mass is 247 g/mol. The van der Waals surface area contributed by atoms with E-state index in [1.54, 1.807) is 24.3 Å². The highest BCUT2D eigenvalue weighted by molar-refractivity contribution is 5.55. The lowest BCUT2D eigenvalue weighted by Crippen LogP contribution is -2.17. The highest BCUT2D eigenvalue weighted by Gasteiger charge is 2.07. The molecule has 0 saturated heterocycles. The van der Waals surface area contributed by atoms with Gasteiger partial charge in [0.1, 0.15) is 12.7 Å². The van der Waals surface area contributed by atoms with Gasteiger partial charge in [-0.15, -0.1) is 0 Å². The van der Waals surface area contributed by atoms with Crippen LogP contribution in [0.3, 0.4) is 0 Å². The predicted molar refractivity (Wildman–Crippen MR) is 68.7 cm³/mol. The minimum absolute atomic E-state index is 0.429. The number of ether oxygens (including phenoxy) is 1. The van der Waals surface area contributed by atoms with Gasteiger partial charge in [-0.25, -0.2) is 14.6 Å². The zero-order valence-corrected chi connectivity index (χ0v) is 10.6. The molecular formula is C12H17N5O. The van der Waals surface area contributed by atoms with E-state index in [-0.39, 0.29) is 0 Å². The Kier molecular flexibility index (Phi) is 4.25. The molecule has 0 fully saturated rings. The fraction of sp³-hybridized carbons (Fsp3) is 0.417. The molecule has 0 aromatic carbocycles. The molecular weight excluding hydrogens is 230 g/mol. The normalized spacial score (nSPS) is 12.3. The number of methoxy groups -OCH3 is 1. The van der Waals surface area contributed by atoms with E-state index in [9.17, 15) is 0 Å². The van der Waals surface area contributed by atoms with Crippen molar-refractivity contribution in [3.8, 4) is 5.82 Å². The second-order valence-corrected chi connectivity index (χ2v) is 4.16.